The molecule has 2 aliphatic rings. The van der Waals surface area contributed by atoms with E-state index in [-0.39, 0.29) is 39.7 Å². The fraction of sp³-hybridized carbons (Fsp3) is 0.467. The number of hydrogen-bond donors (Lipinski definition) is 0. The van der Waals surface area contributed by atoms with Gasteiger partial charge in [-0.3, -0.25) is 0 Å². The molecular weight excluding hydrogens is 911 g/mol. The normalized spacial score (nSPS) is 15.6. The summed E-state index contributed by atoms with van der Waals surface area (Å²) in [4.78, 5) is 0. The molecule has 2 radical (unpaired) electrons. The first-order valence-electron chi connectivity index (χ1n) is 24.3. The van der Waals surface area contributed by atoms with Crippen LogP contribution in [-0.4, -0.2) is 6.88 Å². The van der Waals surface area contributed by atoms with Gasteiger partial charge < -0.3 is 14.9 Å². The van der Waals surface area contributed by atoms with E-state index in [9.17, 15) is 0 Å². The molecule has 2 aliphatic carbocycles. The molecule has 348 valence electrons. The number of aryl methyl sites for hydroxylation is 2. The minimum absolute atomic E-state index is 0. The summed E-state index contributed by atoms with van der Waals surface area (Å²) < 4.78 is 0. The average molecular weight is 994 g/mol. The first kappa shape index (κ1) is 57.9. The van der Waals surface area contributed by atoms with E-state index in [1.165, 1.54) is 207 Å². The summed E-state index contributed by atoms with van der Waals surface area (Å²) in [6.45, 7) is 12.3. The summed E-state index contributed by atoms with van der Waals surface area (Å²) in [5.74, 6) is 0. The monoisotopic (exact) mass is 990 g/mol. The molecule has 0 spiro atoms. The Balaban J connectivity index is 0.000000400. The fourth-order valence-electron chi connectivity index (χ4n) is 11.4. The number of benzene rings is 4. The Morgan fingerprint density at radius 1 is 0.469 bits per heavy atom. The maximum absolute atomic E-state index is 3.06. The molecule has 0 aliphatic heterocycles. The van der Waals surface area contributed by atoms with Crippen molar-refractivity contribution in [3.8, 4) is 22.3 Å². The van der Waals surface area contributed by atoms with Crippen LogP contribution < -0.4 is 0 Å². The molecule has 4 heteroatoms. The van der Waals surface area contributed by atoms with E-state index in [0.29, 0.717) is 10.8 Å². The van der Waals surface area contributed by atoms with Crippen LogP contribution in [0.25, 0.3) is 43.8 Å². The van der Waals surface area contributed by atoms with Crippen LogP contribution in [-0.2, 0) is 49.0 Å². The molecule has 0 atom stereocenters. The quantitative estimate of drug-likeness (QED) is 0.0847. The van der Waals surface area contributed by atoms with Crippen molar-refractivity contribution in [2.75, 3.05) is 0 Å². The van der Waals surface area contributed by atoms with Gasteiger partial charge in [-0.15, -0.1) is 93.9 Å². The van der Waals surface area contributed by atoms with Crippen LogP contribution in [0.3, 0.4) is 0 Å². The van der Waals surface area contributed by atoms with E-state index in [1.807, 2.05) is 0 Å². The van der Waals surface area contributed by atoms with Crippen LogP contribution in [0, 0.1) is 25.7 Å². The second kappa shape index (κ2) is 29.5. The van der Waals surface area contributed by atoms with Gasteiger partial charge in [0.15, 0.2) is 0 Å². The van der Waals surface area contributed by atoms with Gasteiger partial charge >= 0.3 is 30.2 Å². The molecule has 0 N–H and O–H groups in total. The Kier molecular flexibility index (Phi) is 26.7. The molecule has 0 saturated heterocycles. The zero-order chi connectivity index (χ0) is 42.2. The van der Waals surface area contributed by atoms with Crippen molar-refractivity contribution in [2.24, 2.45) is 10.8 Å². The van der Waals surface area contributed by atoms with Gasteiger partial charge in [0.1, 0.15) is 0 Å². The van der Waals surface area contributed by atoms with Crippen LogP contribution in [0.2, 0.25) is 0 Å². The van der Waals surface area contributed by atoms with Gasteiger partial charge in [-0.25, -0.2) is 0 Å². The molecule has 6 aromatic carbocycles. The van der Waals surface area contributed by atoms with Crippen molar-refractivity contribution in [1.29, 1.82) is 0 Å². The molecule has 0 aromatic heterocycles. The number of fused-ring (bicyclic) bond motifs is 2. The topological polar surface area (TPSA) is 0 Å². The standard InChI is InChI=1S/2C29H37.2CH3.2ClH.Si.Zr/c2*1-3-17-29(18-8-6-5-7-9-19-29)22-24-20-26-11-10-12-27(28(26)21-24)25-15-13-23(4-2)14-16-25;;;;;;/h2*10-16,20-21H,3-9,17-19,22H2,1-2H3;2*1H3;2*1H;;/q4*-1;;;;. The predicted molar refractivity (Wildman–Crippen MR) is 289 cm³/mol. The summed E-state index contributed by atoms with van der Waals surface area (Å²) in [5.41, 5.74) is 12.5. The summed E-state index contributed by atoms with van der Waals surface area (Å²) in [6.07, 6.45) is 30.2. The number of hydrogen-bond acceptors (Lipinski definition) is 0. The molecule has 6 aromatic rings. The van der Waals surface area contributed by atoms with E-state index in [2.05, 4.69) is 144 Å². The third-order valence-corrected chi connectivity index (χ3v) is 14.5. The SMILES string of the molecule is CCCC1(Cc2cc3c(-c4ccc(CC)cc4)cccc3[cH-]2)CCCCCCC1.CCCC1(Cc2cc3c(-c4ccc(CC)cc4)cccc3[cH-]2)CCCCCCC1.Cl.Cl.[CH3-].[CH3-].[Si]=[Zr]. The Labute approximate surface area is 421 Å². The van der Waals surface area contributed by atoms with E-state index >= 15 is 0 Å². The molecule has 8 rings (SSSR count). The summed E-state index contributed by atoms with van der Waals surface area (Å²) in [5, 5.41) is 5.69. The van der Waals surface area contributed by atoms with Crippen LogP contribution in [0.1, 0.15) is 166 Å². The molecule has 0 amide bonds. The minimum atomic E-state index is 0. The second-order valence-electron chi connectivity index (χ2n) is 18.8. The second-order valence-corrected chi connectivity index (χ2v) is 18.8. The molecule has 0 heterocycles. The Hall–Kier alpha value is -2.22. The first-order valence-corrected chi connectivity index (χ1v) is 28.4. The van der Waals surface area contributed by atoms with Gasteiger partial charge in [0.25, 0.3) is 0 Å². The number of rotatable bonds is 12. The Morgan fingerprint density at radius 3 is 1.11 bits per heavy atom. The van der Waals surface area contributed by atoms with Crippen molar-refractivity contribution >= 4 is 53.2 Å². The van der Waals surface area contributed by atoms with E-state index in [4.69, 9.17) is 0 Å². The first-order chi connectivity index (χ1) is 29.5. The van der Waals surface area contributed by atoms with Crippen molar-refractivity contribution in [3.63, 3.8) is 0 Å². The third-order valence-electron chi connectivity index (χ3n) is 14.5. The van der Waals surface area contributed by atoms with Crippen molar-refractivity contribution in [3.05, 3.63) is 146 Å². The fourth-order valence-corrected chi connectivity index (χ4v) is 11.4. The van der Waals surface area contributed by atoms with Crippen LogP contribution in [0.4, 0.5) is 0 Å². The van der Waals surface area contributed by atoms with Gasteiger partial charge in [-0.2, -0.15) is 12.1 Å². The molecule has 2 fully saturated rings. The predicted octanol–water partition coefficient (Wildman–Crippen LogP) is 19.1. The van der Waals surface area contributed by atoms with Gasteiger partial charge in [0.2, 0.25) is 0 Å². The van der Waals surface area contributed by atoms with E-state index in [0.717, 1.165) is 12.8 Å². The summed E-state index contributed by atoms with van der Waals surface area (Å²) in [6, 6.07) is 41.9. The summed E-state index contributed by atoms with van der Waals surface area (Å²) in [7, 11) is 0. The molecule has 64 heavy (non-hydrogen) atoms. The average Bonchev–Trinajstić information content (AvgIpc) is 3.88. The number of halogens is 2. The molecule has 0 unspecified atom stereocenters. The molecule has 0 bridgehead atoms. The van der Waals surface area contributed by atoms with E-state index in [1.54, 1.807) is 11.1 Å². The molecule has 2 saturated carbocycles. The molecule has 0 nitrogen and oxygen atoms in total. The van der Waals surface area contributed by atoms with E-state index < -0.39 is 0 Å². The van der Waals surface area contributed by atoms with Gasteiger partial charge in [-0.1, -0.05) is 177 Å². The zero-order valence-corrected chi connectivity index (χ0v) is 45.9. The zero-order valence-electron chi connectivity index (χ0n) is 40.8. The van der Waals surface area contributed by atoms with Crippen LogP contribution in [0.5, 0.6) is 0 Å². The Morgan fingerprint density at radius 2 is 0.797 bits per heavy atom. The van der Waals surface area contributed by atoms with Gasteiger partial charge in [0.05, 0.1) is 0 Å². The molecular formula is C60H82Cl2SiZr-4. The van der Waals surface area contributed by atoms with Gasteiger partial charge in [0, 0.05) is 0 Å². The van der Waals surface area contributed by atoms with Gasteiger partial charge in [-0.05, 0) is 97.3 Å². The third kappa shape index (κ3) is 15.4. The summed E-state index contributed by atoms with van der Waals surface area (Å²) >= 11 is 1.36. The van der Waals surface area contributed by atoms with Crippen LogP contribution >= 0.6 is 24.8 Å². The maximum atomic E-state index is 3.06. The van der Waals surface area contributed by atoms with Crippen molar-refractivity contribution < 1.29 is 23.3 Å². The van der Waals surface area contributed by atoms with Crippen molar-refractivity contribution in [1.82, 2.24) is 0 Å². The van der Waals surface area contributed by atoms with Crippen molar-refractivity contribution in [2.45, 2.75) is 169 Å². The van der Waals surface area contributed by atoms with Crippen LogP contribution in [0.15, 0.2) is 109 Å². The Bertz CT molecular complexity index is 2000.